The van der Waals surface area contributed by atoms with Crippen LogP contribution >= 0.6 is 0 Å². The van der Waals surface area contributed by atoms with E-state index in [1.54, 1.807) is 20.8 Å². The molecule has 1 aliphatic heterocycles. The Morgan fingerprint density at radius 1 is 1.26 bits per heavy atom. The van der Waals surface area contributed by atoms with Crippen LogP contribution < -0.4 is 0 Å². The molecule has 1 aliphatic rings. The van der Waals surface area contributed by atoms with Crippen LogP contribution in [0.3, 0.4) is 0 Å². The number of benzene rings is 1. The summed E-state index contributed by atoms with van der Waals surface area (Å²) in [5, 5.41) is 10.7. The number of hydrogen-bond donors (Lipinski definition) is 0. The van der Waals surface area contributed by atoms with Gasteiger partial charge in [-0.25, -0.2) is 14.5 Å². The summed E-state index contributed by atoms with van der Waals surface area (Å²) in [6.07, 6.45) is 0.0507. The molecule has 9 nitrogen and oxygen atoms in total. The number of hydrogen-bond acceptors (Lipinski definition) is 7. The average molecular weight is 378 g/mol. The molecular formula is C18H22N2O7. The Morgan fingerprint density at radius 2 is 1.89 bits per heavy atom. The Labute approximate surface area is 156 Å². The number of carbonyl (C=O) groups excluding carboxylic acids is 3. The van der Waals surface area contributed by atoms with Gasteiger partial charge in [-0.05, 0) is 51.3 Å². The molecule has 2 rings (SSSR count). The van der Waals surface area contributed by atoms with Crippen LogP contribution in [0.1, 0.15) is 45.6 Å². The summed E-state index contributed by atoms with van der Waals surface area (Å²) in [7, 11) is 0. The number of nitro groups is 1. The van der Waals surface area contributed by atoms with Crippen molar-refractivity contribution in [3.63, 3.8) is 0 Å². The number of non-ortho nitro benzene ring substituents is 1. The van der Waals surface area contributed by atoms with Crippen molar-refractivity contribution in [1.82, 2.24) is 4.90 Å². The summed E-state index contributed by atoms with van der Waals surface area (Å²) in [5.74, 6) is -1.19. The molecule has 1 heterocycles. The van der Waals surface area contributed by atoms with Crippen molar-refractivity contribution in [2.45, 2.75) is 58.3 Å². The third-order valence-corrected chi connectivity index (χ3v) is 3.84. The van der Waals surface area contributed by atoms with Crippen LogP contribution in [0.5, 0.6) is 0 Å². The molecule has 9 heteroatoms. The van der Waals surface area contributed by atoms with Crippen LogP contribution in [0.25, 0.3) is 0 Å². The summed E-state index contributed by atoms with van der Waals surface area (Å²) >= 11 is 0. The zero-order chi connectivity index (χ0) is 20.2. The molecule has 1 fully saturated rings. The minimum atomic E-state index is -1.04. The van der Waals surface area contributed by atoms with Crippen LogP contribution in [0, 0.1) is 10.1 Å². The second-order valence-corrected chi connectivity index (χ2v) is 7.18. The normalized spacial score (nSPS) is 17.4. The third-order valence-electron chi connectivity index (χ3n) is 3.84. The molecule has 1 atom stereocenters. The molecule has 0 N–H and O–H groups in total. The highest BCUT2D eigenvalue weighted by Crippen LogP contribution is 2.23. The van der Waals surface area contributed by atoms with Gasteiger partial charge < -0.3 is 9.47 Å². The molecule has 1 aromatic rings. The van der Waals surface area contributed by atoms with Gasteiger partial charge in [0.05, 0.1) is 4.92 Å². The van der Waals surface area contributed by atoms with E-state index in [0.29, 0.717) is 18.4 Å². The zero-order valence-corrected chi connectivity index (χ0v) is 15.5. The molecule has 0 aromatic heterocycles. The van der Waals surface area contributed by atoms with E-state index in [9.17, 15) is 24.5 Å². The first kappa shape index (κ1) is 20.3. The van der Waals surface area contributed by atoms with E-state index in [1.165, 1.54) is 24.3 Å². The van der Waals surface area contributed by atoms with Crippen LogP contribution in [0.2, 0.25) is 0 Å². The van der Waals surface area contributed by atoms with E-state index in [2.05, 4.69) is 0 Å². The SMILES string of the molecule is CC(C)(C)OC(=O)N1C(=O)CCC[C@H]1C(=O)OCc1ccc([N+](=O)[O-])cc1. The van der Waals surface area contributed by atoms with Crippen molar-refractivity contribution in [3.05, 3.63) is 39.9 Å². The van der Waals surface area contributed by atoms with Gasteiger partial charge in [0.25, 0.3) is 5.69 Å². The second-order valence-electron chi connectivity index (χ2n) is 7.18. The lowest BCUT2D eigenvalue weighted by molar-refractivity contribution is -0.384. The average Bonchev–Trinajstić information content (AvgIpc) is 2.58. The number of likely N-dealkylation sites (tertiary alicyclic amines) is 1. The lowest BCUT2D eigenvalue weighted by Gasteiger charge is -2.33. The van der Waals surface area contributed by atoms with Crippen molar-refractivity contribution in [1.29, 1.82) is 0 Å². The summed E-state index contributed by atoms with van der Waals surface area (Å²) in [4.78, 5) is 47.9. The van der Waals surface area contributed by atoms with E-state index >= 15 is 0 Å². The molecular weight excluding hydrogens is 356 g/mol. The van der Waals surface area contributed by atoms with Crippen LogP contribution in [0.4, 0.5) is 10.5 Å². The molecule has 146 valence electrons. The Morgan fingerprint density at radius 3 is 2.44 bits per heavy atom. The lowest BCUT2D eigenvalue weighted by Crippen LogP contribution is -2.53. The standard InChI is InChI=1S/C18H22N2O7/c1-18(2,3)27-17(23)19-14(5-4-6-15(19)21)16(22)26-11-12-7-9-13(10-8-12)20(24)25/h7-10,14H,4-6,11H2,1-3H3/t14-/m0/s1. The van der Waals surface area contributed by atoms with Gasteiger partial charge >= 0.3 is 12.1 Å². The Hall–Kier alpha value is -2.97. The fourth-order valence-electron chi connectivity index (χ4n) is 2.60. The quantitative estimate of drug-likeness (QED) is 0.449. The van der Waals surface area contributed by atoms with Crippen LogP contribution in [0.15, 0.2) is 24.3 Å². The van der Waals surface area contributed by atoms with E-state index < -0.39 is 34.5 Å². The van der Waals surface area contributed by atoms with Gasteiger partial charge in [-0.3, -0.25) is 14.9 Å². The van der Waals surface area contributed by atoms with Gasteiger partial charge in [0, 0.05) is 18.6 Å². The van der Waals surface area contributed by atoms with Crippen LogP contribution in [-0.4, -0.2) is 39.4 Å². The van der Waals surface area contributed by atoms with Crippen molar-refractivity contribution in [3.8, 4) is 0 Å². The number of piperidine rings is 1. The summed E-state index contributed by atoms with van der Waals surface area (Å²) < 4.78 is 10.4. The fourth-order valence-corrected chi connectivity index (χ4v) is 2.60. The molecule has 1 aromatic carbocycles. The number of nitrogens with zero attached hydrogens (tertiary/aromatic N) is 2. The molecule has 0 spiro atoms. The summed E-state index contributed by atoms with van der Waals surface area (Å²) in [6.45, 7) is 4.88. The summed E-state index contributed by atoms with van der Waals surface area (Å²) in [6, 6.07) is 4.52. The third kappa shape index (κ3) is 5.50. The van der Waals surface area contributed by atoms with Crippen LogP contribution in [-0.2, 0) is 25.7 Å². The Balaban J connectivity index is 2.04. The van der Waals surface area contributed by atoms with Crippen molar-refractivity contribution in [2.24, 2.45) is 0 Å². The number of ether oxygens (including phenoxy) is 2. The molecule has 0 unspecified atom stereocenters. The highest BCUT2D eigenvalue weighted by atomic mass is 16.6. The maximum atomic E-state index is 12.4. The Kier molecular flexibility index (Phi) is 6.14. The number of rotatable bonds is 4. The van der Waals surface area contributed by atoms with Gasteiger partial charge in [0.15, 0.2) is 0 Å². The molecule has 27 heavy (non-hydrogen) atoms. The zero-order valence-electron chi connectivity index (χ0n) is 15.5. The van der Waals surface area contributed by atoms with E-state index in [0.717, 1.165) is 4.90 Å². The number of amides is 2. The first-order chi connectivity index (χ1) is 12.6. The van der Waals surface area contributed by atoms with E-state index in [1.807, 2.05) is 0 Å². The van der Waals surface area contributed by atoms with Gasteiger partial charge in [0.2, 0.25) is 5.91 Å². The van der Waals surface area contributed by atoms with Gasteiger partial charge in [-0.2, -0.15) is 0 Å². The molecule has 0 radical (unpaired) electrons. The lowest BCUT2D eigenvalue weighted by atomic mass is 10.0. The van der Waals surface area contributed by atoms with Gasteiger partial charge in [-0.1, -0.05) is 0 Å². The van der Waals surface area contributed by atoms with E-state index in [-0.39, 0.29) is 18.7 Å². The largest absolute Gasteiger partial charge is 0.459 e. The number of nitro benzene ring substituents is 1. The minimum absolute atomic E-state index is 0.0703. The predicted molar refractivity (Wildman–Crippen MR) is 93.6 cm³/mol. The van der Waals surface area contributed by atoms with Crippen molar-refractivity contribution in [2.75, 3.05) is 0 Å². The number of imide groups is 1. The smallest absolute Gasteiger partial charge is 0.417 e. The topological polar surface area (TPSA) is 116 Å². The molecule has 0 bridgehead atoms. The van der Waals surface area contributed by atoms with Crippen molar-refractivity contribution >= 4 is 23.7 Å². The maximum Gasteiger partial charge on any atom is 0.417 e. The molecule has 0 aliphatic carbocycles. The number of esters is 1. The monoisotopic (exact) mass is 378 g/mol. The van der Waals surface area contributed by atoms with Gasteiger partial charge in [0.1, 0.15) is 18.2 Å². The molecule has 1 saturated heterocycles. The number of carbonyl (C=O) groups is 3. The maximum absolute atomic E-state index is 12.4. The van der Waals surface area contributed by atoms with E-state index in [4.69, 9.17) is 9.47 Å². The first-order valence-corrected chi connectivity index (χ1v) is 8.53. The Bertz CT molecular complexity index is 737. The predicted octanol–water partition coefficient (Wildman–Crippen LogP) is 2.95. The second kappa shape index (κ2) is 8.15. The highest BCUT2D eigenvalue weighted by molar-refractivity contribution is 5.97. The molecule has 2 amide bonds. The summed E-state index contributed by atoms with van der Waals surface area (Å²) in [5.41, 5.74) is -0.318. The highest BCUT2D eigenvalue weighted by Gasteiger charge is 2.40. The minimum Gasteiger partial charge on any atom is -0.459 e. The van der Waals surface area contributed by atoms with Gasteiger partial charge in [-0.15, -0.1) is 0 Å². The molecule has 0 saturated carbocycles. The first-order valence-electron chi connectivity index (χ1n) is 8.53. The van der Waals surface area contributed by atoms with Crippen molar-refractivity contribution < 1.29 is 28.8 Å². The fraction of sp³-hybridized carbons (Fsp3) is 0.500.